The van der Waals surface area contributed by atoms with Crippen LogP contribution in [0.25, 0.3) is 0 Å². The lowest BCUT2D eigenvalue weighted by atomic mass is 10.0. The van der Waals surface area contributed by atoms with Crippen LogP contribution in [0, 0.1) is 0 Å². The van der Waals surface area contributed by atoms with Crippen LogP contribution in [0.4, 0.5) is 0 Å². The highest BCUT2D eigenvalue weighted by Gasteiger charge is 2.16. The molecule has 0 amide bonds. The highest BCUT2D eigenvalue weighted by atomic mass is 16.5. The van der Waals surface area contributed by atoms with E-state index in [1.54, 1.807) is 0 Å². The first kappa shape index (κ1) is 56.9. The van der Waals surface area contributed by atoms with Crippen LogP contribution in [-0.2, 0) is 19.1 Å². The Morgan fingerprint density at radius 3 is 1.12 bits per heavy atom. The summed E-state index contributed by atoms with van der Waals surface area (Å²) in [6.07, 6.45) is 38.8. The van der Waals surface area contributed by atoms with E-state index in [-0.39, 0.29) is 38.2 Å². The summed E-state index contributed by atoms with van der Waals surface area (Å²) in [5.41, 5.74) is 0. The molecule has 0 aliphatic carbocycles. The predicted molar refractivity (Wildman–Crippen MR) is 240 cm³/mol. The Balaban J connectivity index is 0. The molecule has 7 heteroatoms. The topological polar surface area (TPSA) is 96.3 Å². The predicted octanol–water partition coefficient (Wildman–Crippen LogP) is 13.8. The minimum atomic E-state index is -0.708. The zero-order chi connectivity index (χ0) is 40.5. The van der Waals surface area contributed by atoms with E-state index in [1.807, 2.05) is 0 Å². The summed E-state index contributed by atoms with van der Waals surface area (Å²) < 4.78 is 11.9. The highest BCUT2D eigenvalue weighted by Crippen LogP contribution is 2.19. The van der Waals surface area contributed by atoms with Crippen LogP contribution in [-0.4, -0.2) is 71.6 Å². The van der Waals surface area contributed by atoms with Gasteiger partial charge in [0.2, 0.25) is 0 Å². The van der Waals surface area contributed by atoms with Crippen molar-refractivity contribution in [3.05, 3.63) is 0 Å². The molecule has 2 unspecified atom stereocenters. The van der Waals surface area contributed by atoms with E-state index in [1.165, 1.54) is 109 Å². The lowest BCUT2D eigenvalue weighted by Gasteiger charge is -2.24. The van der Waals surface area contributed by atoms with E-state index in [0.29, 0.717) is 19.4 Å². The van der Waals surface area contributed by atoms with E-state index in [0.717, 1.165) is 116 Å². The molecule has 0 fully saturated rings. The van der Waals surface area contributed by atoms with E-state index < -0.39 is 6.10 Å². The van der Waals surface area contributed by atoms with Gasteiger partial charge >= 0.3 is 11.9 Å². The van der Waals surface area contributed by atoms with Crippen LogP contribution in [0.1, 0.15) is 260 Å². The maximum Gasteiger partial charge on any atom is 0.306 e. The van der Waals surface area contributed by atoms with Crippen molar-refractivity contribution in [2.24, 2.45) is 0 Å². The van der Waals surface area contributed by atoms with Gasteiger partial charge in [-0.1, -0.05) is 176 Å². The largest absolute Gasteiger partial charge is 0.462 e. The molecular weight excluding hydrogens is 699 g/mol. The van der Waals surface area contributed by atoms with Crippen molar-refractivity contribution < 1.29 is 29.3 Å². The van der Waals surface area contributed by atoms with Crippen molar-refractivity contribution in [1.82, 2.24) is 4.90 Å². The molecule has 56 heavy (non-hydrogen) atoms. The first-order valence-corrected chi connectivity index (χ1v) is 24.3. The van der Waals surface area contributed by atoms with Gasteiger partial charge in [-0.25, -0.2) is 0 Å². The first-order chi connectivity index (χ1) is 26.9. The van der Waals surface area contributed by atoms with E-state index in [9.17, 15) is 19.8 Å². The fourth-order valence-corrected chi connectivity index (χ4v) is 7.71. The van der Waals surface area contributed by atoms with Crippen LogP contribution in [0.15, 0.2) is 0 Å². The lowest BCUT2D eigenvalue weighted by Crippen LogP contribution is -2.35. The van der Waals surface area contributed by atoms with Crippen molar-refractivity contribution in [3.63, 3.8) is 0 Å². The Labute approximate surface area is 349 Å². The smallest absolute Gasteiger partial charge is 0.306 e. The van der Waals surface area contributed by atoms with Crippen LogP contribution in [0.5, 0.6) is 0 Å². The molecule has 0 radical (unpaired) electrons. The van der Waals surface area contributed by atoms with E-state index >= 15 is 0 Å². The first-order valence-electron chi connectivity index (χ1n) is 24.3. The third-order valence-corrected chi connectivity index (χ3v) is 11.2. The number of ether oxygens (including phenoxy) is 2. The Bertz CT molecular complexity index is 793. The SMILES string of the molecule is C.CCCCCCCCC(CCC)OC(=O)CCCCCCCN(CCCCCCCC(=O)OC(CCCCCCCC)CCCCCCCC)CC(O)CO. The van der Waals surface area contributed by atoms with Gasteiger partial charge in [0.05, 0.1) is 12.7 Å². The minimum absolute atomic E-state index is 0. The summed E-state index contributed by atoms with van der Waals surface area (Å²) in [7, 11) is 0. The average Bonchev–Trinajstić information content (AvgIpc) is 3.17. The molecule has 0 aromatic carbocycles. The van der Waals surface area contributed by atoms with Crippen LogP contribution in [0.3, 0.4) is 0 Å². The van der Waals surface area contributed by atoms with Crippen molar-refractivity contribution in [2.75, 3.05) is 26.2 Å². The van der Waals surface area contributed by atoms with Crippen molar-refractivity contribution in [1.29, 1.82) is 0 Å². The summed E-state index contributed by atoms with van der Waals surface area (Å²) in [6.45, 7) is 11.1. The number of hydrogen-bond acceptors (Lipinski definition) is 7. The third kappa shape index (κ3) is 39.6. The number of carbonyl (C=O) groups excluding carboxylic acids is 2. The minimum Gasteiger partial charge on any atom is -0.462 e. The van der Waals surface area contributed by atoms with Gasteiger partial charge in [-0.05, 0) is 83.7 Å². The van der Waals surface area contributed by atoms with Crippen LogP contribution < -0.4 is 0 Å². The molecule has 0 rings (SSSR count). The van der Waals surface area contributed by atoms with Gasteiger partial charge in [0.1, 0.15) is 12.2 Å². The fourth-order valence-electron chi connectivity index (χ4n) is 7.71. The summed E-state index contributed by atoms with van der Waals surface area (Å²) in [6, 6.07) is 0. The van der Waals surface area contributed by atoms with Crippen molar-refractivity contribution >= 4 is 11.9 Å². The van der Waals surface area contributed by atoms with Gasteiger partial charge in [-0.3, -0.25) is 9.59 Å². The molecule has 0 saturated heterocycles. The molecule has 2 atom stereocenters. The number of aliphatic hydroxyl groups excluding tert-OH is 2. The van der Waals surface area contributed by atoms with Gasteiger partial charge in [0, 0.05) is 19.4 Å². The summed E-state index contributed by atoms with van der Waals surface area (Å²) in [5.74, 6) is -0.0368. The molecule has 0 aromatic heterocycles. The van der Waals surface area contributed by atoms with E-state index in [2.05, 4.69) is 32.6 Å². The third-order valence-electron chi connectivity index (χ3n) is 11.2. The molecule has 0 saturated carbocycles. The Morgan fingerprint density at radius 1 is 0.446 bits per heavy atom. The Morgan fingerprint density at radius 2 is 0.768 bits per heavy atom. The fraction of sp³-hybridized carbons (Fsp3) is 0.959. The molecule has 336 valence electrons. The maximum atomic E-state index is 12.8. The molecular formula is C49H99NO6. The molecule has 0 heterocycles. The monoisotopic (exact) mass is 798 g/mol. The standard InChI is InChI=1S/C48H95NO6.CH4/c1-5-9-12-15-20-27-35-45(34-8-4)54-47(52)38-30-23-18-25-32-40-49(42-44(51)43-50)41-33-26-19-24-31-39-48(53)55-46(36-28-21-16-13-10-6-2)37-29-22-17-14-11-7-3;/h44-46,50-51H,5-43H2,1-4H3;1H4. The molecule has 0 spiro atoms. The molecule has 0 bridgehead atoms. The normalized spacial score (nSPS) is 12.6. The second-order valence-electron chi connectivity index (χ2n) is 16.9. The number of carbonyl (C=O) groups is 2. The van der Waals surface area contributed by atoms with Crippen LogP contribution in [0.2, 0.25) is 0 Å². The summed E-state index contributed by atoms with van der Waals surface area (Å²) in [5, 5.41) is 19.6. The number of nitrogens with zero attached hydrogens (tertiary/aromatic N) is 1. The van der Waals surface area contributed by atoms with Gasteiger partial charge in [-0.15, -0.1) is 0 Å². The summed E-state index contributed by atoms with van der Waals surface area (Å²) in [4.78, 5) is 27.5. The van der Waals surface area contributed by atoms with E-state index in [4.69, 9.17) is 9.47 Å². The Hall–Kier alpha value is -1.18. The van der Waals surface area contributed by atoms with Gasteiger partial charge in [-0.2, -0.15) is 0 Å². The zero-order valence-corrected chi connectivity index (χ0v) is 37.3. The quantitative estimate of drug-likeness (QED) is 0.0468. The number of aliphatic hydroxyl groups is 2. The average molecular weight is 798 g/mol. The number of rotatable bonds is 44. The van der Waals surface area contributed by atoms with Gasteiger partial charge < -0.3 is 24.6 Å². The zero-order valence-electron chi connectivity index (χ0n) is 37.3. The van der Waals surface area contributed by atoms with Crippen molar-refractivity contribution in [3.8, 4) is 0 Å². The molecule has 0 aliphatic heterocycles. The molecule has 0 aliphatic rings. The molecule has 2 N–H and O–H groups in total. The number of unbranched alkanes of at least 4 members (excludes halogenated alkanes) is 23. The van der Waals surface area contributed by atoms with Crippen LogP contribution >= 0.6 is 0 Å². The molecule has 0 aromatic rings. The second-order valence-corrected chi connectivity index (χ2v) is 16.9. The Kier molecular flexibility index (Phi) is 45.6. The highest BCUT2D eigenvalue weighted by molar-refractivity contribution is 5.69. The number of hydrogen-bond donors (Lipinski definition) is 2. The molecule has 7 nitrogen and oxygen atoms in total. The summed E-state index contributed by atoms with van der Waals surface area (Å²) >= 11 is 0. The maximum absolute atomic E-state index is 12.8. The number of esters is 2. The van der Waals surface area contributed by atoms with Gasteiger partial charge in [0.25, 0.3) is 0 Å². The lowest BCUT2D eigenvalue weighted by molar-refractivity contribution is -0.151. The second kappa shape index (κ2) is 44.9. The van der Waals surface area contributed by atoms with Crippen molar-refractivity contribution in [2.45, 2.75) is 278 Å². The van der Waals surface area contributed by atoms with Gasteiger partial charge in [0.15, 0.2) is 0 Å².